The Labute approximate surface area is 92.2 Å². The summed E-state index contributed by atoms with van der Waals surface area (Å²) in [4.78, 5) is 21.4. The first-order chi connectivity index (χ1) is 7.70. The highest BCUT2D eigenvalue weighted by molar-refractivity contribution is 6.07. The molecule has 0 unspecified atom stereocenters. The lowest BCUT2D eigenvalue weighted by atomic mass is 10.1. The predicted molar refractivity (Wildman–Crippen MR) is 57.4 cm³/mol. The first-order valence-corrected chi connectivity index (χ1v) is 4.40. The number of carbonyl (C=O) groups is 2. The zero-order valence-corrected chi connectivity index (χ0v) is 8.31. The number of nitriles is 1. The average molecular weight is 215 g/mol. The highest BCUT2D eigenvalue weighted by Gasteiger charge is 2.13. The van der Waals surface area contributed by atoms with Crippen molar-refractivity contribution in [3.8, 4) is 6.07 Å². The van der Waals surface area contributed by atoms with E-state index >= 15 is 0 Å². The minimum absolute atomic E-state index is 0.0439. The molecular formula is C11H9N3O2. The molecule has 5 nitrogen and oxygen atoms in total. The topological polar surface area (TPSA) is 96.0 Å². The largest absolute Gasteiger partial charge is 0.397 e. The fraction of sp³-hybridized carbons (Fsp3) is 0. The van der Waals surface area contributed by atoms with Crippen LogP contribution < -0.4 is 11.1 Å². The first kappa shape index (κ1) is 11.5. The number of carbonyl (C=O) groups excluding carboxylic acids is 2. The second-order valence-electron chi connectivity index (χ2n) is 2.86. The molecule has 0 spiro atoms. The molecule has 1 aromatic carbocycles. The summed E-state index contributed by atoms with van der Waals surface area (Å²) in [7, 11) is 0. The second-order valence-corrected chi connectivity index (χ2v) is 2.86. The first-order valence-electron chi connectivity index (χ1n) is 4.40. The van der Waals surface area contributed by atoms with Gasteiger partial charge in [0.05, 0.1) is 5.70 Å². The van der Waals surface area contributed by atoms with Crippen LogP contribution in [0.25, 0.3) is 5.70 Å². The SMILES string of the molecule is N#CC(C(=O)NC=O)=C(N)c1ccccc1. The summed E-state index contributed by atoms with van der Waals surface area (Å²) in [6.45, 7) is 0. The number of benzene rings is 1. The molecule has 80 valence electrons. The number of nitrogens with one attached hydrogen (secondary N) is 1. The minimum Gasteiger partial charge on any atom is -0.397 e. The molecule has 3 N–H and O–H groups in total. The quantitative estimate of drug-likeness (QED) is 0.426. The van der Waals surface area contributed by atoms with Crippen LogP contribution in [0.5, 0.6) is 0 Å². The van der Waals surface area contributed by atoms with Gasteiger partial charge in [0.1, 0.15) is 11.6 Å². The van der Waals surface area contributed by atoms with Gasteiger partial charge in [-0.05, 0) is 5.56 Å². The molecule has 0 aliphatic carbocycles. The molecule has 0 radical (unpaired) electrons. The van der Waals surface area contributed by atoms with E-state index in [0.29, 0.717) is 5.56 Å². The molecule has 5 heteroatoms. The molecule has 0 aliphatic rings. The van der Waals surface area contributed by atoms with Gasteiger partial charge in [0.25, 0.3) is 5.91 Å². The predicted octanol–water partition coefficient (Wildman–Crippen LogP) is 0.153. The molecule has 0 saturated heterocycles. The summed E-state index contributed by atoms with van der Waals surface area (Å²) in [6.07, 6.45) is 0.206. The Morgan fingerprint density at radius 1 is 1.38 bits per heavy atom. The third-order valence-corrected chi connectivity index (χ3v) is 1.88. The smallest absolute Gasteiger partial charge is 0.270 e. The van der Waals surface area contributed by atoms with Crippen LogP contribution in [0.3, 0.4) is 0 Å². The zero-order valence-electron chi connectivity index (χ0n) is 8.31. The molecule has 0 fully saturated rings. The number of hydrogen-bond acceptors (Lipinski definition) is 4. The van der Waals surface area contributed by atoms with Crippen molar-refractivity contribution in [3.05, 3.63) is 41.5 Å². The van der Waals surface area contributed by atoms with Gasteiger partial charge in [0.15, 0.2) is 0 Å². The maximum atomic E-state index is 11.3. The highest BCUT2D eigenvalue weighted by Crippen LogP contribution is 2.12. The lowest BCUT2D eigenvalue weighted by molar-refractivity contribution is -0.122. The van der Waals surface area contributed by atoms with Crippen LogP contribution in [0, 0.1) is 11.3 Å². The van der Waals surface area contributed by atoms with Crippen LogP contribution >= 0.6 is 0 Å². The molecule has 0 heterocycles. The average Bonchev–Trinajstić information content (AvgIpc) is 2.31. The van der Waals surface area contributed by atoms with Gasteiger partial charge in [0.2, 0.25) is 6.41 Å². The fourth-order valence-corrected chi connectivity index (χ4v) is 1.12. The van der Waals surface area contributed by atoms with Gasteiger partial charge < -0.3 is 5.73 Å². The minimum atomic E-state index is -0.807. The summed E-state index contributed by atoms with van der Waals surface area (Å²) in [6, 6.07) is 10.3. The second kappa shape index (κ2) is 5.32. The normalized spacial score (nSPS) is 10.9. The van der Waals surface area contributed by atoms with E-state index < -0.39 is 5.91 Å². The van der Waals surface area contributed by atoms with Gasteiger partial charge in [0, 0.05) is 0 Å². The molecule has 0 bridgehead atoms. The third-order valence-electron chi connectivity index (χ3n) is 1.88. The maximum absolute atomic E-state index is 11.3. The highest BCUT2D eigenvalue weighted by atomic mass is 16.2. The summed E-state index contributed by atoms with van der Waals surface area (Å²) >= 11 is 0. The Bertz CT molecular complexity index is 472. The van der Waals surface area contributed by atoms with Crippen LogP contribution in [0.1, 0.15) is 5.56 Å². The number of imide groups is 1. The summed E-state index contributed by atoms with van der Waals surface area (Å²) < 4.78 is 0. The fourth-order valence-electron chi connectivity index (χ4n) is 1.12. The lowest BCUT2D eigenvalue weighted by Crippen LogP contribution is -2.24. The van der Waals surface area contributed by atoms with Gasteiger partial charge in [-0.2, -0.15) is 5.26 Å². The van der Waals surface area contributed by atoms with E-state index in [-0.39, 0.29) is 17.7 Å². The van der Waals surface area contributed by atoms with E-state index in [0.717, 1.165) is 0 Å². The molecule has 0 saturated carbocycles. The Morgan fingerprint density at radius 2 is 2.00 bits per heavy atom. The monoisotopic (exact) mass is 215 g/mol. The van der Waals surface area contributed by atoms with E-state index in [9.17, 15) is 9.59 Å². The van der Waals surface area contributed by atoms with Crippen molar-refractivity contribution in [3.63, 3.8) is 0 Å². The van der Waals surface area contributed by atoms with E-state index in [4.69, 9.17) is 11.0 Å². The standard InChI is InChI=1S/C11H9N3O2/c12-6-9(11(16)14-7-15)10(13)8-4-2-1-3-5-8/h1-5,7H,13H2,(H,14,15,16). The van der Waals surface area contributed by atoms with Crippen molar-refractivity contribution in [2.45, 2.75) is 0 Å². The number of nitrogens with two attached hydrogens (primary N) is 1. The van der Waals surface area contributed by atoms with Crippen molar-refractivity contribution in [2.75, 3.05) is 0 Å². The van der Waals surface area contributed by atoms with Gasteiger partial charge >= 0.3 is 0 Å². The van der Waals surface area contributed by atoms with Gasteiger partial charge in [-0.3, -0.25) is 14.9 Å². The van der Waals surface area contributed by atoms with Crippen LogP contribution in [0.4, 0.5) is 0 Å². The molecule has 0 aliphatic heterocycles. The summed E-state index contributed by atoms with van der Waals surface area (Å²) in [5.41, 5.74) is 5.98. The number of amides is 2. The van der Waals surface area contributed by atoms with Gasteiger partial charge in [-0.25, -0.2) is 0 Å². The molecular weight excluding hydrogens is 206 g/mol. The zero-order chi connectivity index (χ0) is 12.0. The summed E-state index contributed by atoms with van der Waals surface area (Å²) in [5.74, 6) is -0.807. The molecule has 0 atom stereocenters. The van der Waals surface area contributed by atoms with Crippen molar-refractivity contribution in [1.82, 2.24) is 5.32 Å². The Kier molecular flexibility index (Phi) is 3.81. The molecule has 0 aromatic heterocycles. The number of hydrogen-bond donors (Lipinski definition) is 2. The third kappa shape index (κ3) is 2.45. The van der Waals surface area contributed by atoms with Gasteiger partial charge in [-0.15, -0.1) is 0 Å². The van der Waals surface area contributed by atoms with Crippen LogP contribution in [-0.2, 0) is 9.59 Å². The van der Waals surface area contributed by atoms with Crippen molar-refractivity contribution in [1.29, 1.82) is 5.26 Å². The van der Waals surface area contributed by atoms with Crippen molar-refractivity contribution < 1.29 is 9.59 Å². The van der Waals surface area contributed by atoms with Crippen molar-refractivity contribution in [2.24, 2.45) is 5.73 Å². The van der Waals surface area contributed by atoms with Crippen LogP contribution in [-0.4, -0.2) is 12.3 Å². The van der Waals surface area contributed by atoms with E-state index in [1.54, 1.807) is 36.4 Å². The molecule has 2 amide bonds. The lowest BCUT2D eigenvalue weighted by Gasteiger charge is -2.03. The Morgan fingerprint density at radius 3 is 2.50 bits per heavy atom. The van der Waals surface area contributed by atoms with Crippen LogP contribution in [0.2, 0.25) is 0 Å². The van der Waals surface area contributed by atoms with E-state index in [2.05, 4.69) is 0 Å². The Balaban J connectivity index is 3.16. The van der Waals surface area contributed by atoms with E-state index in [1.807, 2.05) is 5.32 Å². The molecule has 1 aromatic rings. The summed E-state index contributed by atoms with van der Waals surface area (Å²) in [5, 5.41) is 10.7. The Hall–Kier alpha value is -2.61. The molecule has 16 heavy (non-hydrogen) atoms. The molecule has 1 rings (SSSR count). The van der Waals surface area contributed by atoms with Crippen molar-refractivity contribution >= 4 is 18.0 Å². The maximum Gasteiger partial charge on any atom is 0.270 e. The number of rotatable bonds is 3. The van der Waals surface area contributed by atoms with Gasteiger partial charge in [-0.1, -0.05) is 30.3 Å². The number of nitrogens with zero attached hydrogens (tertiary/aromatic N) is 1. The van der Waals surface area contributed by atoms with Crippen LogP contribution in [0.15, 0.2) is 35.9 Å². The van der Waals surface area contributed by atoms with E-state index in [1.165, 1.54) is 0 Å².